The zero-order chi connectivity index (χ0) is 15.5. The molecule has 1 aliphatic rings. The van der Waals surface area contributed by atoms with Crippen LogP contribution in [0.2, 0.25) is 0 Å². The predicted octanol–water partition coefficient (Wildman–Crippen LogP) is -0.206. The molecule has 1 unspecified atom stereocenters. The number of sulfonamides is 1. The van der Waals surface area contributed by atoms with E-state index in [1.807, 2.05) is 0 Å². The topological polar surface area (TPSA) is 102 Å². The molecule has 8 heteroatoms. The number of amides is 1. The fraction of sp³-hybridized carbons (Fsp3) is 0.462. The molecule has 0 aromatic heterocycles. The number of nitrogen functional groups attached to an aromatic ring is 1. The highest BCUT2D eigenvalue weighted by Crippen LogP contribution is 2.17. The molecule has 1 heterocycles. The van der Waals surface area contributed by atoms with E-state index in [9.17, 15) is 13.2 Å². The van der Waals surface area contributed by atoms with Gasteiger partial charge in [0.2, 0.25) is 15.9 Å². The Labute approximate surface area is 124 Å². The second-order valence-corrected chi connectivity index (χ2v) is 6.50. The van der Waals surface area contributed by atoms with Crippen molar-refractivity contribution in [3.63, 3.8) is 0 Å². The quantitative estimate of drug-likeness (QED) is 0.749. The molecule has 0 radical (unpaired) electrons. The minimum Gasteiger partial charge on any atom is -0.398 e. The Morgan fingerprint density at radius 2 is 1.95 bits per heavy atom. The van der Waals surface area contributed by atoms with E-state index in [-0.39, 0.29) is 16.5 Å². The summed E-state index contributed by atoms with van der Waals surface area (Å²) < 4.78 is 32.1. The van der Waals surface area contributed by atoms with Crippen molar-refractivity contribution in [2.24, 2.45) is 0 Å². The second kappa shape index (κ2) is 6.42. The van der Waals surface area contributed by atoms with E-state index >= 15 is 0 Å². The van der Waals surface area contributed by atoms with Crippen molar-refractivity contribution in [2.45, 2.75) is 17.9 Å². The van der Waals surface area contributed by atoms with E-state index in [0.717, 1.165) is 0 Å². The average Bonchev–Trinajstić information content (AvgIpc) is 2.47. The molecule has 1 aromatic carbocycles. The van der Waals surface area contributed by atoms with E-state index in [1.165, 1.54) is 19.1 Å². The van der Waals surface area contributed by atoms with Crippen molar-refractivity contribution < 1.29 is 17.9 Å². The zero-order valence-electron chi connectivity index (χ0n) is 11.8. The molecular weight excluding hydrogens is 294 g/mol. The number of nitrogens with zero attached hydrogens (tertiary/aromatic N) is 1. The molecule has 0 aliphatic carbocycles. The van der Waals surface area contributed by atoms with Gasteiger partial charge in [0.1, 0.15) is 4.90 Å². The van der Waals surface area contributed by atoms with Gasteiger partial charge >= 0.3 is 0 Å². The lowest BCUT2D eigenvalue weighted by Crippen LogP contribution is -2.50. The lowest BCUT2D eigenvalue weighted by Gasteiger charge is -2.29. The van der Waals surface area contributed by atoms with E-state index in [4.69, 9.17) is 10.5 Å². The molecule has 1 aromatic rings. The van der Waals surface area contributed by atoms with Crippen LogP contribution < -0.4 is 10.5 Å². The summed E-state index contributed by atoms with van der Waals surface area (Å²) in [5, 5.41) is 0. The molecule has 7 nitrogen and oxygen atoms in total. The Balaban J connectivity index is 2.09. The summed E-state index contributed by atoms with van der Waals surface area (Å²) in [6.45, 7) is 3.40. The maximum Gasteiger partial charge on any atom is 0.243 e. The Bertz CT molecular complexity index is 612. The van der Waals surface area contributed by atoms with Gasteiger partial charge in [0.25, 0.3) is 0 Å². The third kappa shape index (κ3) is 3.72. The lowest BCUT2D eigenvalue weighted by molar-refractivity contribution is -0.136. The van der Waals surface area contributed by atoms with Gasteiger partial charge in [-0.2, -0.15) is 4.72 Å². The number of benzene rings is 1. The fourth-order valence-corrected chi connectivity index (χ4v) is 3.46. The lowest BCUT2D eigenvalue weighted by atomic mass is 10.3. The van der Waals surface area contributed by atoms with Crippen LogP contribution in [0.15, 0.2) is 29.2 Å². The maximum absolute atomic E-state index is 12.3. The number of hydrogen-bond acceptors (Lipinski definition) is 5. The highest BCUT2D eigenvalue weighted by molar-refractivity contribution is 7.89. The van der Waals surface area contributed by atoms with Gasteiger partial charge in [-0.1, -0.05) is 12.1 Å². The molecule has 0 bridgehead atoms. The normalized spacial score (nSPS) is 17.5. The minimum absolute atomic E-state index is 0.0216. The SMILES string of the molecule is CC(NS(=O)(=O)c1ccccc1N)C(=O)N1CCOCC1. The number of hydrogen-bond donors (Lipinski definition) is 2. The Kier molecular flexibility index (Phi) is 4.81. The van der Waals surface area contributed by atoms with E-state index in [2.05, 4.69) is 4.72 Å². The molecule has 1 saturated heterocycles. The largest absolute Gasteiger partial charge is 0.398 e. The molecule has 1 fully saturated rings. The maximum atomic E-state index is 12.3. The van der Waals surface area contributed by atoms with Crippen molar-refractivity contribution >= 4 is 21.6 Å². The third-order valence-corrected chi connectivity index (χ3v) is 4.85. The summed E-state index contributed by atoms with van der Waals surface area (Å²) in [7, 11) is -3.83. The first-order valence-corrected chi connectivity index (χ1v) is 8.13. The van der Waals surface area contributed by atoms with Crippen LogP contribution in [0.1, 0.15) is 6.92 Å². The van der Waals surface area contributed by atoms with Crippen LogP contribution in [-0.4, -0.2) is 51.6 Å². The molecule has 21 heavy (non-hydrogen) atoms. The van der Waals surface area contributed by atoms with Gasteiger partial charge < -0.3 is 15.4 Å². The van der Waals surface area contributed by atoms with Crippen molar-refractivity contribution in [1.29, 1.82) is 0 Å². The molecule has 1 amide bonds. The van der Waals surface area contributed by atoms with Crippen molar-refractivity contribution in [2.75, 3.05) is 32.0 Å². The van der Waals surface area contributed by atoms with Crippen LogP contribution in [0.25, 0.3) is 0 Å². The molecule has 2 rings (SSSR count). The highest BCUT2D eigenvalue weighted by Gasteiger charge is 2.27. The van der Waals surface area contributed by atoms with Gasteiger partial charge in [-0.3, -0.25) is 4.79 Å². The summed E-state index contributed by atoms with van der Waals surface area (Å²) in [6, 6.07) is 5.29. The number of para-hydroxylation sites is 1. The summed E-state index contributed by atoms with van der Waals surface area (Å²) in [5.74, 6) is -0.267. The first kappa shape index (κ1) is 15.7. The van der Waals surface area contributed by atoms with Gasteiger partial charge in [0.15, 0.2) is 0 Å². The fourth-order valence-electron chi connectivity index (χ4n) is 2.13. The Morgan fingerprint density at radius 3 is 2.57 bits per heavy atom. The second-order valence-electron chi connectivity index (χ2n) is 4.82. The monoisotopic (exact) mass is 313 g/mol. The van der Waals surface area contributed by atoms with Gasteiger partial charge in [-0.15, -0.1) is 0 Å². The van der Waals surface area contributed by atoms with Crippen molar-refractivity contribution in [3.8, 4) is 0 Å². The molecule has 1 atom stereocenters. The van der Waals surface area contributed by atoms with Gasteiger partial charge in [0.05, 0.1) is 24.9 Å². The molecule has 3 N–H and O–H groups in total. The van der Waals surface area contributed by atoms with E-state index in [0.29, 0.717) is 26.3 Å². The molecule has 116 valence electrons. The summed E-state index contributed by atoms with van der Waals surface area (Å²) in [4.78, 5) is 13.8. The number of morpholine rings is 1. The molecule has 0 saturated carbocycles. The van der Waals surface area contributed by atoms with E-state index in [1.54, 1.807) is 17.0 Å². The minimum atomic E-state index is -3.83. The summed E-state index contributed by atoms with van der Waals surface area (Å²) in [5.41, 5.74) is 5.82. The van der Waals surface area contributed by atoms with Crippen molar-refractivity contribution in [1.82, 2.24) is 9.62 Å². The predicted molar refractivity (Wildman–Crippen MR) is 78.0 cm³/mol. The highest BCUT2D eigenvalue weighted by atomic mass is 32.2. The number of anilines is 1. The smallest absolute Gasteiger partial charge is 0.243 e. The standard InChI is InChI=1S/C13H19N3O4S/c1-10(13(17)16-6-8-20-9-7-16)15-21(18,19)12-5-3-2-4-11(12)14/h2-5,10,15H,6-9,14H2,1H3. The van der Waals surface area contributed by atoms with Crippen LogP contribution in [-0.2, 0) is 19.6 Å². The molecule has 0 spiro atoms. The number of ether oxygens (including phenoxy) is 1. The van der Waals surface area contributed by atoms with Gasteiger partial charge in [-0.05, 0) is 19.1 Å². The van der Waals surface area contributed by atoms with E-state index < -0.39 is 16.1 Å². The third-order valence-electron chi connectivity index (χ3n) is 3.23. The number of carbonyl (C=O) groups excluding carboxylic acids is 1. The van der Waals surface area contributed by atoms with Gasteiger partial charge in [0, 0.05) is 13.1 Å². The van der Waals surface area contributed by atoms with Crippen molar-refractivity contribution in [3.05, 3.63) is 24.3 Å². The zero-order valence-corrected chi connectivity index (χ0v) is 12.6. The molecule has 1 aliphatic heterocycles. The Morgan fingerprint density at radius 1 is 1.33 bits per heavy atom. The first-order valence-electron chi connectivity index (χ1n) is 6.65. The number of rotatable bonds is 4. The van der Waals surface area contributed by atoms with Gasteiger partial charge in [-0.25, -0.2) is 8.42 Å². The van der Waals surface area contributed by atoms with Crippen LogP contribution in [0.5, 0.6) is 0 Å². The Hall–Kier alpha value is -1.64. The first-order chi connectivity index (χ1) is 9.92. The average molecular weight is 313 g/mol. The summed E-state index contributed by atoms with van der Waals surface area (Å²) in [6.07, 6.45) is 0. The number of nitrogens with one attached hydrogen (secondary N) is 1. The van der Waals surface area contributed by atoms with Crippen LogP contribution in [0.4, 0.5) is 5.69 Å². The molecular formula is C13H19N3O4S. The van der Waals surface area contributed by atoms with Crippen LogP contribution in [0, 0.1) is 0 Å². The number of carbonyl (C=O) groups is 1. The van der Waals surface area contributed by atoms with Crippen LogP contribution in [0.3, 0.4) is 0 Å². The van der Waals surface area contributed by atoms with Crippen LogP contribution >= 0.6 is 0 Å². The number of nitrogens with two attached hydrogens (primary N) is 1. The summed E-state index contributed by atoms with van der Waals surface area (Å²) >= 11 is 0.